The van der Waals surface area contributed by atoms with E-state index in [1.54, 1.807) is 0 Å². The fraction of sp³-hybridized carbons (Fsp3) is 0.824. The van der Waals surface area contributed by atoms with Crippen LogP contribution in [0.4, 0.5) is 0 Å². The Balaban J connectivity index is 2.02. The molecule has 2 rings (SSSR count). The summed E-state index contributed by atoms with van der Waals surface area (Å²) in [6.45, 7) is 11.7. The molecule has 1 aromatic rings. The van der Waals surface area contributed by atoms with Crippen LogP contribution in [0.5, 0.6) is 0 Å². The van der Waals surface area contributed by atoms with E-state index < -0.39 is 0 Å². The van der Waals surface area contributed by atoms with Crippen LogP contribution in [0.1, 0.15) is 58.3 Å². The minimum absolute atomic E-state index is 0.463. The van der Waals surface area contributed by atoms with E-state index in [9.17, 15) is 0 Å². The van der Waals surface area contributed by atoms with Gasteiger partial charge in [-0.3, -0.25) is 4.98 Å². The van der Waals surface area contributed by atoms with Gasteiger partial charge in [0, 0.05) is 17.6 Å². The average Bonchev–Trinajstić information content (AvgIpc) is 2.89. The highest BCUT2D eigenvalue weighted by Gasteiger charge is 2.38. The molecule has 1 aromatic heterocycles. The molecule has 0 aliphatic heterocycles. The number of aromatic nitrogens is 1. The number of nitrogens with one attached hydrogen (secondary N) is 1. The van der Waals surface area contributed by atoms with Crippen molar-refractivity contribution < 1.29 is 0 Å². The van der Waals surface area contributed by atoms with E-state index in [0.717, 1.165) is 19.0 Å². The third kappa shape index (κ3) is 4.05. The molecule has 1 N–H and O–H groups in total. The Hall–Kier alpha value is -0.410. The maximum Gasteiger partial charge on any atom is 0.0794 e. The molecule has 20 heavy (non-hydrogen) atoms. The maximum absolute atomic E-state index is 4.25. The lowest BCUT2D eigenvalue weighted by Gasteiger charge is -2.44. The Labute approximate surface area is 128 Å². The quantitative estimate of drug-likeness (QED) is 0.863. The summed E-state index contributed by atoms with van der Waals surface area (Å²) in [6.07, 6.45) is 8.76. The summed E-state index contributed by atoms with van der Waals surface area (Å²) in [6, 6.07) is 0. The highest BCUT2D eigenvalue weighted by Crippen LogP contribution is 2.46. The van der Waals surface area contributed by atoms with Crippen LogP contribution in [0.2, 0.25) is 0 Å². The summed E-state index contributed by atoms with van der Waals surface area (Å²) in [5, 5.41) is 3.61. The van der Waals surface area contributed by atoms with Gasteiger partial charge in [-0.2, -0.15) is 0 Å². The number of hydrogen-bond acceptors (Lipinski definition) is 3. The molecule has 1 saturated carbocycles. The monoisotopic (exact) mass is 294 g/mol. The van der Waals surface area contributed by atoms with Gasteiger partial charge in [0.1, 0.15) is 0 Å². The second kappa shape index (κ2) is 6.57. The zero-order valence-corrected chi connectivity index (χ0v) is 14.4. The lowest BCUT2D eigenvalue weighted by atomic mass is 9.63. The first-order chi connectivity index (χ1) is 9.45. The summed E-state index contributed by atoms with van der Waals surface area (Å²) in [7, 11) is 0. The Bertz CT molecular complexity index is 384. The van der Waals surface area contributed by atoms with Crippen LogP contribution in [0.3, 0.4) is 0 Å². The Kier molecular flexibility index (Phi) is 5.25. The molecule has 1 aliphatic rings. The molecule has 0 unspecified atom stereocenters. The molecule has 0 bridgehead atoms. The van der Waals surface area contributed by atoms with Gasteiger partial charge in [-0.25, -0.2) is 0 Å². The predicted octanol–water partition coefficient (Wildman–Crippen LogP) is 4.52. The first-order valence-corrected chi connectivity index (χ1v) is 8.91. The van der Waals surface area contributed by atoms with E-state index in [2.05, 4.69) is 44.2 Å². The Morgan fingerprint density at radius 1 is 1.35 bits per heavy atom. The molecular weight excluding hydrogens is 264 g/mol. The minimum Gasteiger partial charge on any atom is -0.316 e. The van der Waals surface area contributed by atoms with Crippen LogP contribution < -0.4 is 5.32 Å². The third-order valence-electron chi connectivity index (χ3n) is 5.05. The summed E-state index contributed by atoms with van der Waals surface area (Å²) in [5.41, 5.74) is 2.90. The van der Waals surface area contributed by atoms with Crippen molar-refractivity contribution in [2.45, 2.75) is 59.8 Å². The summed E-state index contributed by atoms with van der Waals surface area (Å²) < 4.78 is 0. The van der Waals surface area contributed by atoms with Crippen molar-refractivity contribution in [2.24, 2.45) is 16.7 Å². The number of thiazole rings is 1. The SMILES string of the molecule is CCNCC1(Cc2cncs2)CCC(C(C)(C)C)CC1. The standard InChI is InChI=1S/C17H30N2S/c1-5-18-12-17(10-15-11-19-13-20-15)8-6-14(7-9-17)16(2,3)4/h11,13-14,18H,5-10,12H2,1-4H3. The molecule has 1 aliphatic carbocycles. The number of nitrogens with zero attached hydrogens (tertiary/aromatic N) is 1. The summed E-state index contributed by atoms with van der Waals surface area (Å²) in [4.78, 5) is 5.71. The molecule has 1 heterocycles. The highest BCUT2D eigenvalue weighted by atomic mass is 32.1. The van der Waals surface area contributed by atoms with Crippen molar-refractivity contribution in [3.05, 3.63) is 16.6 Å². The third-order valence-corrected chi connectivity index (χ3v) is 5.83. The lowest BCUT2D eigenvalue weighted by Crippen LogP contribution is -2.41. The predicted molar refractivity (Wildman–Crippen MR) is 88.2 cm³/mol. The van der Waals surface area contributed by atoms with Crippen LogP contribution in [0.15, 0.2) is 11.7 Å². The lowest BCUT2D eigenvalue weighted by molar-refractivity contribution is 0.0871. The minimum atomic E-state index is 0.463. The molecule has 3 heteroatoms. The van der Waals surface area contributed by atoms with Gasteiger partial charge >= 0.3 is 0 Å². The zero-order valence-electron chi connectivity index (χ0n) is 13.5. The molecule has 0 atom stereocenters. The smallest absolute Gasteiger partial charge is 0.0794 e. The average molecular weight is 295 g/mol. The zero-order chi connectivity index (χ0) is 14.6. The van der Waals surface area contributed by atoms with Crippen molar-refractivity contribution in [3.8, 4) is 0 Å². The van der Waals surface area contributed by atoms with Crippen molar-refractivity contribution in [1.29, 1.82) is 0 Å². The number of rotatable bonds is 5. The van der Waals surface area contributed by atoms with E-state index >= 15 is 0 Å². The molecule has 114 valence electrons. The van der Waals surface area contributed by atoms with Gasteiger partial charge < -0.3 is 5.32 Å². The van der Waals surface area contributed by atoms with E-state index in [1.165, 1.54) is 37.0 Å². The molecular formula is C17H30N2S. The van der Waals surface area contributed by atoms with Crippen LogP contribution in [-0.2, 0) is 6.42 Å². The second-order valence-corrected chi connectivity index (χ2v) is 8.54. The molecule has 0 radical (unpaired) electrons. The largest absolute Gasteiger partial charge is 0.316 e. The summed E-state index contributed by atoms with van der Waals surface area (Å²) >= 11 is 1.82. The number of hydrogen-bond donors (Lipinski definition) is 1. The van der Waals surface area contributed by atoms with Crippen LogP contribution in [0, 0.1) is 16.7 Å². The van der Waals surface area contributed by atoms with Crippen molar-refractivity contribution in [1.82, 2.24) is 10.3 Å². The van der Waals surface area contributed by atoms with E-state index in [4.69, 9.17) is 0 Å². The van der Waals surface area contributed by atoms with Gasteiger partial charge in [0.2, 0.25) is 0 Å². The van der Waals surface area contributed by atoms with Crippen LogP contribution >= 0.6 is 11.3 Å². The van der Waals surface area contributed by atoms with Gasteiger partial charge in [-0.1, -0.05) is 27.7 Å². The molecule has 0 amide bonds. The molecule has 0 aromatic carbocycles. The van der Waals surface area contributed by atoms with Gasteiger partial charge in [-0.15, -0.1) is 11.3 Å². The molecule has 2 nitrogen and oxygen atoms in total. The summed E-state index contributed by atoms with van der Waals surface area (Å²) in [5.74, 6) is 0.888. The van der Waals surface area contributed by atoms with Crippen molar-refractivity contribution in [2.75, 3.05) is 13.1 Å². The van der Waals surface area contributed by atoms with Crippen LogP contribution in [-0.4, -0.2) is 18.1 Å². The highest BCUT2D eigenvalue weighted by molar-refractivity contribution is 7.09. The van der Waals surface area contributed by atoms with Crippen LogP contribution in [0.25, 0.3) is 0 Å². The normalized spacial score (nSPS) is 27.7. The molecule has 1 fully saturated rings. The van der Waals surface area contributed by atoms with Gasteiger partial charge in [0.15, 0.2) is 0 Å². The van der Waals surface area contributed by atoms with Gasteiger partial charge in [0.25, 0.3) is 0 Å². The van der Waals surface area contributed by atoms with Crippen molar-refractivity contribution in [3.63, 3.8) is 0 Å². The molecule has 0 spiro atoms. The van der Waals surface area contributed by atoms with E-state index in [-0.39, 0.29) is 0 Å². The fourth-order valence-electron chi connectivity index (χ4n) is 3.60. The molecule has 0 saturated heterocycles. The first-order valence-electron chi connectivity index (χ1n) is 8.03. The maximum atomic E-state index is 4.25. The second-order valence-electron chi connectivity index (χ2n) is 7.57. The van der Waals surface area contributed by atoms with Crippen molar-refractivity contribution >= 4 is 11.3 Å². The first kappa shape index (κ1) is 16.0. The topological polar surface area (TPSA) is 24.9 Å². The van der Waals surface area contributed by atoms with E-state index in [0.29, 0.717) is 10.8 Å². The van der Waals surface area contributed by atoms with Gasteiger partial charge in [0.05, 0.1) is 5.51 Å². The van der Waals surface area contributed by atoms with Gasteiger partial charge in [-0.05, 0) is 55.4 Å². The van der Waals surface area contributed by atoms with E-state index in [1.807, 2.05) is 16.8 Å². The fourth-order valence-corrected chi connectivity index (χ4v) is 4.37. The Morgan fingerprint density at radius 2 is 2.05 bits per heavy atom. The Morgan fingerprint density at radius 3 is 2.55 bits per heavy atom.